The van der Waals surface area contributed by atoms with Gasteiger partial charge in [-0.1, -0.05) is 0 Å². The summed E-state index contributed by atoms with van der Waals surface area (Å²) >= 11 is 0. The SMILES string of the molecule is C[Si]12COP(=O)(OO1)O2. The topological polar surface area (TPSA) is 54.0 Å². The molecular weight excluding hydrogens is 163 g/mol. The van der Waals surface area contributed by atoms with Gasteiger partial charge >= 0.3 is 16.4 Å². The third-order valence-electron chi connectivity index (χ3n) is 1.09. The highest BCUT2D eigenvalue weighted by Gasteiger charge is 2.60. The maximum absolute atomic E-state index is 10.9. The molecule has 0 saturated carbocycles. The van der Waals surface area contributed by atoms with Crippen LogP contribution in [0.1, 0.15) is 0 Å². The lowest BCUT2D eigenvalue weighted by molar-refractivity contribution is -0.125. The molecule has 2 bridgehead atoms. The van der Waals surface area contributed by atoms with Gasteiger partial charge in [0.2, 0.25) is 0 Å². The third-order valence-corrected chi connectivity index (χ3v) is 5.72. The van der Waals surface area contributed by atoms with E-state index in [0.717, 1.165) is 0 Å². The fourth-order valence-corrected chi connectivity index (χ4v) is 5.90. The third kappa shape index (κ3) is 0.796. The fourth-order valence-electron chi connectivity index (χ4n) is 0.686. The van der Waals surface area contributed by atoms with Crippen LogP contribution in [-0.4, -0.2) is 14.8 Å². The van der Waals surface area contributed by atoms with E-state index in [9.17, 15) is 4.57 Å². The molecule has 2 fully saturated rings. The van der Waals surface area contributed by atoms with Gasteiger partial charge in [-0.05, 0) is 6.55 Å². The van der Waals surface area contributed by atoms with Gasteiger partial charge in [-0.2, -0.15) is 0 Å². The van der Waals surface area contributed by atoms with Crippen LogP contribution in [0.25, 0.3) is 0 Å². The van der Waals surface area contributed by atoms with Crippen molar-refractivity contribution < 1.29 is 22.6 Å². The second-order valence-corrected chi connectivity index (χ2v) is 6.86. The summed E-state index contributed by atoms with van der Waals surface area (Å²) in [5.41, 5.74) is 0. The molecule has 2 rings (SSSR count). The average molecular weight is 168 g/mol. The number of phosphoric acid groups is 1. The summed E-state index contributed by atoms with van der Waals surface area (Å²) in [6.45, 7) is 1.74. The van der Waals surface area contributed by atoms with Crippen molar-refractivity contribution in [1.82, 2.24) is 0 Å². The molecule has 0 aromatic heterocycles. The monoisotopic (exact) mass is 168 g/mol. The van der Waals surface area contributed by atoms with Gasteiger partial charge in [-0.3, -0.25) is 8.74 Å². The minimum atomic E-state index is -3.20. The second-order valence-electron chi connectivity index (χ2n) is 2.10. The molecule has 2 aliphatic rings. The molecule has 0 aromatic rings. The highest BCUT2D eigenvalue weighted by Crippen LogP contribution is 2.62. The Kier molecular flexibility index (Phi) is 0.986. The van der Waals surface area contributed by atoms with E-state index >= 15 is 0 Å². The molecule has 0 radical (unpaired) electrons. The molecular formula is C2H5O5PSi. The summed E-state index contributed by atoms with van der Waals surface area (Å²) in [4.78, 5) is 0. The van der Waals surface area contributed by atoms with E-state index in [1.54, 1.807) is 6.55 Å². The van der Waals surface area contributed by atoms with Crippen LogP contribution in [0.2, 0.25) is 6.55 Å². The maximum atomic E-state index is 10.9. The van der Waals surface area contributed by atoms with E-state index < -0.39 is 16.4 Å². The van der Waals surface area contributed by atoms with Crippen molar-refractivity contribution in [3.05, 3.63) is 0 Å². The van der Waals surface area contributed by atoms with Crippen LogP contribution >= 0.6 is 7.82 Å². The highest BCUT2D eigenvalue weighted by atomic mass is 31.2. The molecule has 2 aliphatic heterocycles. The van der Waals surface area contributed by atoms with Crippen LogP contribution in [0, 0.1) is 0 Å². The molecule has 9 heavy (non-hydrogen) atoms. The average Bonchev–Trinajstić information content (AvgIpc) is 2.19. The fraction of sp³-hybridized carbons (Fsp3) is 1.00. The first kappa shape index (κ1) is 6.03. The van der Waals surface area contributed by atoms with Crippen LogP contribution in [0.4, 0.5) is 0 Å². The molecule has 5 nitrogen and oxygen atoms in total. The molecule has 0 aromatic carbocycles. The number of rotatable bonds is 0. The molecule has 0 N–H and O–H groups in total. The molecule has 52 valence electrons. The van der Waals surface area contributed by atoms with Crippen molar-refractivity contribution in [2.24, 2.45) is 0 Å². The first-order valence-electron chi connectivity index (χ1n) is 2.45. The Balaban J connectivity index is 2.35. The summed E-state index contributed by atoms with van der Waals surface area (Å²) in [5.74, 6) is 0. The lowest BCUT2D eigenvalue weighted by atomic mass is 11.7. The van der Waals surface area contributed by atoms with Gasteiger partial charge in [0.15, 0.2) is 0 Å². The summed E-state index contributed by atoms with van der Waals surface area (Å²) in [5, 5.41) is 0. The summed E-state index contributed by atoms with van der Waals surface area (Å²) in [7, 11) is -5.47. The Morgan fingerprint density at radius 2 is 2.44 bits per heavy atom. The minimum Gasteiger partial charge on any atom is -0.296 e. The van der Waals surface area contributed by atoms with Crippen molar-refractivity contribution >= 4 is 16.4 Å². The van der Waals surface area contributed by atoms with Crippen molar-refractivity contribution in [3.63, 3.8) is 0 Å². The van der Waals surface area contributed by atoms with Crippen LogP contribution in [0.3, 0.4) is 0 Å². The van der Waals surface area contributed by atoms with E-state index in [2.05, 4.69) is 9.25 Å². The van der Waals surface area contributed by atoms with E-state index in [1.165, 1.54) is 0 Å². The van der Waals surface area contributed by atoms with Crippen LogP contribution < -0.4 is 0 Å². The predicted molar refractivity (Wildman–Crippen MR) is 28.4 cm³/mol. The maximum Gasteiger partial charge on any atom is 0.493 e. The zero-order valence-corrected chi connectivity index (χ0v) is 6.59. The number of hydrogen-bond donors (Lipinski definition) is 0. The second kappa shape index (κ2) is 1.47. The van der Waals surface area contributed by atoms with Gasteiger partial charge in [-0.25, -0.2) is 9.14 Å². The van der Waals surface area contributed by atoms with Gasteiger partial charge in [0.25, 0.3) is 0 Å². The van der Waals surface area contributed by atoms with Crippen molar-refractivity contribution in [2.75, 3.05) is 6.23 Å². The van der Waals surface area contributed by atoms with Gasteiger partial charge in [0.05, 0.1) is 0 Å². The quantitative estimate of drug-likeness (QED) is 0.303. The van der Waals surface area contributed by atoms with E-state index in [4.69, 9.17) is 8.74 Å². The van der Waals surface area contributed by atoms with E-state index in [0.29, 0.717) is 6.23 Å². The van der Waals surface area contributed by atoms with E-state index in [1.807, 2.05) is 0 Å². The highest BCUT2D eigenvalue weighted by molar-refractivity contribution is 7.52. The molecule has 2 unspecified atom stereocenters. The van der Waals surface area contributed by atoms with E-state index in [-0.39, 0.29) is 0 Å². The Bertz CT molecular complexity index is 179. The van der Waals surface area contributed by atoms with Crippen molar-refractivity contribution in [2.45, 2.75) is 6.55 Å². The first-order valence-corrected chi connectivity index (χ1v) is 6.43. The standard InChI is InChI=1S/C2H5O5PSi/c1-9-2-4-8(3,7-9)5-6-9/h2H2,1H3. The minimum absolute atomic E-state index is 0.310. The Hall–Kier alpha value is 0.287. The zero-order chi connectivity index (χ0) is 6.54. The molecule has 0 spiro atoms. The normalized spacial score (nSPS) is 56.6. The van der Waals surface area contributed by atoms with Gasteiger partial charge in [-0.15, -0.1) is 4.67 Å². The first-order chi connectivity index (χ1) is 4.12. The summed E-state index contributed by atoms with van der Waals surface area (Å²) < 4.78 is 29.4. The lowest BCUT2D eigenvalue weighted by Gasteiger charge is -2.08. The summed E-state index contributed by atoms with van der Waals surface area (Å²) in [6, 6.07) is 0. The smallest absolute Gasteiger partial charge is 0.296 e. The molecule has 0 aliphatic carbocycles. The summed E-state index contributed by atoms with van der Waals surface area (Å²) in [6.07, 6.45) is 0.310. The lowest BCUT2D eigenvalue weighted by Crippen LogP contribution is -2.34. The largest absolute Gasteiger partial charge is 0.493 e. The van der Waals surface area contributed by atoms with Gasteiger partial charge in [0.1, 0.15) is 6.23 Å². The Labute approximate surface area is 52.7 Å². The van der Waals surface area contributed by atoms with Crippen molar-refractivity contribution in [3.8, 4) is 0 Å². The zero-order valence-electron chi connectivity index (χ0n) is 4.70. The van der Waals surface area contributed by atoms with Gasteiger partial charge in [0, 0.05) is 0 Å². The molecule has 2 heterocycles. The predicted octanol–water partition coefficient (Wildman–Crippen LogP) is 0.714. The molecule has 2 saturated heterocycles. The Morgan fingerprint density at radius 1 is 1.67 bits per heavy atom. The number of fused-ring (bicyclic) bond motifs is 2. The van der Waals surface area contributed by atoms with Gasteiger partial charge < -0.3 is 0 Å². The molecule has 7 heteroatoms. The Morgan fingerprint density at radius 3 is 2.56 bits per heavy atom. The van der Waals surface area contributed by atoms with Crippen molar-refractivity contribution in [1.29, 1.82) is 0 Å². The molecule has 2 atom stereocenters. The van der Waals surface area contributed by atoms with Crippen LogP contribution in [0.5, 0.6) is 0 Å². The number of hydrogen-bond acceptors (Lipinski definition) is 5. The molecule has 0 amide bonds. The van der Waals surface area contributed by atoms with Crippen LogP contribution in [-0.2, 0) is 22.6 Å². The van der Waals surface area contributed by atoms with Crippen LogP contribution in [0.15, 0.2) is 0 Å².